The molecule has 2 unspecified atom stereocenters. The van der Waals surface area contributed by atoms with E-state index in [2.05, 4.69) is 5.32 Å². The van der Waals surface area contributed by atoms with E-state index in [1.165, 1.54) is 0 Å². The van der Waals surface area contributed by atoms with E-state index in [0.717, 1.165) is 6.42 Å². The molecule has 84 valence electrons. The standard InChI is InChI=1S/C9H20N2O2S/c1-4-5-8(10)9(12)11-6-7(2)14(3)13/h7-8H,4-6,10H2,1-3H3,(H,11,12)/t7?,8-,14?/m1/s1. The molecule has 0 heterocycles. The van der Waals surface area contributed by atoms with Crippen molar-refractivity contribution < 1.29 is 9.00 Å². The second-order valence-electron chi connectivity index (χ2n) is 3.45. The summed E-state index contributed by atoms with van der Waals surface area (Å²) in [5.74, 6) is -0.149. The Morgan fingerprint density at radius 2 is 2.14 bits per heavy atom. The van der Waals surface area contributed by atoms with Crippen LogP contribution in [0, 0.1) is 0 Å². The molecule has 0 aromatic rings. The summed E-state index contributed by atoms with van der Waals surface area (Å²) in [5, 5.41) is 2.67. The lowest BCUT2D eigenvalue weighted by Crippen LogP contribution is -2.43. The Morgan fingerprint density at radius 3 is 2.57 bits per heavy atom. The average Bonchev–Trinajstić information content (AvgIpc) is 2.13. The Bertz CT molecular complexity index is 209. The normalized spacial score (nSPS) is 17.1. The van der Waals surface area contributed by atoms with Crippen LogP contribution < -0.4 is 11.1 Å². The first-order chi connectivity index (χ1) is 6.49. The third kappa shape index (κ3) is 5.34. The molecule has 1 amide bonds. The van der Waals surface area contributed by atoms with Crippen molar-refractivity contribution in [3.8, 4) is 0 Å². The third-order valence-electron chi connectivity index (χ3n) is 2.07. The van der Waals surface area contributed by atoms with E-state index in [1.807, 2.05) is 13.8 Å². The molecule has 0 aromatic heterocycles. The molecule has 3 N–H and O–H groups in total. The minimum absolute atomic E-state index is 0.0206. The van der Waals surface area contributed by atoms with Crippen LogP contribution in [-0.4, -0.2) is 34.2 Å². The fourth-order valence-corrected chi connectivity index (χ4v) is 1.25. The first-order valence-corrected chi connectivity index (χ1v) is 6.46. The predicted molar refractivity (Wildman–Crippen MR) is 59.4 cm³/mol. The van der Waals surface area contributed by atoms with Gasteiger partial charge in [-0.15, -0.1) is 0 Å². The van der Waals surface area contributed by atoms with Crippen molar-refractivity contribution in [1.82, 2.24) is 5.32 Å². The van der Waals surface area contributed by atoms with Gasteiger partial charge in [0.25, 0.3) is 0 Å². The van der Waals surface area contributed by atoms with Gasteiger partial charge in [0.15, 0.2) is 0 Å². The van der Waals surface area contributed by atoms with Gasteiger partial charge in [-0.1, -0.05) is 13.3 Å². The first-order valence-electron chi connectivity index (χ1n) is 4.84. The number of amides is 1. The van der Waals surface area contributed by atoms with Crippen molar-refractivity contribution in [3.63, 3.8) is 0 Å². The Kier molecular flexibility index (Phi) is 6.74. The van der Waals surface area contributed by atoms with Gasteiger partial charge in [0.2, 0.25) is 5.91 Å². The second kappa shape index (κ2) is 6.95. The molecule has 0 rings (SSSR count). The van der Waals surface area contributed by atoms with Crippen molar-refractivity contribution in [2.24, 2.45) is 5.73 Å². The lowest BCUT2D eigenvalue weighted by molar-refractivity contribution is -0.122. The summed E-state index contributed by atoms with van der Waals surface area (Å²) in [5.41, 5.74) is 5.60. The van der Waals surface area contributed by atoms with Crippen molar-refractivity contribution in [1.29, 1.82) is 0 Å². The third-order valence-corrected chi connectivity index (χ3v) is 3.37. The van der Waals surface area contributed by atoms with Gasteiger partial charge >= 0.3 is 0 Å². The van der Waals surface area contributed by atoms with E-state index in [4.69, 9.17) is 5.73 Å². The number of carbonyl (C=O) groups is 1. The maximum Gasteiger partial charge on any atom is 0.236 e. The minimum Gasteiger partial charge on any atom is -0.354 e. The molecule has 0 aliphatic rings. The van der Waals surface area contributed by atoms with Crippen molar-refractivity contribution >= 4 is 16.7 Å². The summed E-state index contributed by atoms with van der Waals surface area (Å²) >= 11 is 0. The number of hydrogen-bond acceptors (Lipinski definition) is 3. The van der Waals surface area contributed by atoms with E-state index in [1.54, 1.807) is 6.26 Å². The fraction of sp³-hybridized carbons (Fsp3) is 0.889. The topological polar surface area (TPSA) is 72.2 Å². The van der Waals surface area contributed by atoms with Gasteiger partial charge in [-0.2, -0.15) is 0 Å². The molecular weight excluding hydrogens is 200 g/mol. The molecule has 0 saturated carbocycles. The number of hydrogen-bond donors (Lipinski definition) is 2. The molecule has 0 aliphatic heterocycles. The zero-order chi connectivity index (χ0) is 11.1. The SMILES string of the molecule is CCC[C@@H](N)C(=O)NCC(C)S(C)=O. The van der Waals surface area contributed by atoms with Crippen molar-refractivity contribution in [3.05, 3.63) is 0 Å². The lowest BCUT2D eigenvalue weighted by Gasteiger charge is -2.13. The van der Waals surface area contributed by atoms with Crippen LogP contribution in [-0.2, 0) is 15.6 Å². The number of nitrogens with two attached hydrogens (primary N) is 1. The van der Waals surface area contributed by atoms with E-state index >= 15 is 0 Å². The summed E-state index contributed by atoms with van der Waals surface area (Å²) in [6, 6.07) is -0.433. The first kappa shape index (κ1) is 13.6. The molecule has 0 spiro atoms. The van der Waals surface area contributed by atoms with Crippen molar-refractivity contribution in [2.75, 3.05) is 12.8 Å². The highest BCUT2D eigenvalue weighted by Crippen LogP contribution is 1.94. The smallest absolute Gasteiger partial charge is 0.236 e. The van der Waals surface area contributed by atoms with Crippen molar-refractivity contribution in [2.45, 2.75) is 38.0 Å². The van der Waals surface area contributed by atoms with Gasteiger partial charge in [0, 0.05) is 28.9 Å². The highest BCUT2D eigenvalue weighted by molar-refractivity contribution is 7.84. The quantitative estimate of drug-likeness (QED) is 0.661. The largest absolute Gasteiger partial charge is 0.354 e. The Balaban J connectivity index is 3.78. The minimum atomic E-state index is -0.899. The van der Waals surface area contributed by atoms with E-state index in [9.17, 15) is 9.00 Å². The van der Waals surface area contributed by atoms with Crippen LogP contribution in [0.25, 0.3) is 0 Å². The summed E-state index contributed by atoms with van der Waals surface area (Å²) in [6.07, 6.45) is 3.21. The van der Waals surface area contributed by atoms with Crippen LogP contribution >= 0.6 is 0 Å². The van der Waals surface area contributed by atoms with Gasteiger partial charge in [0.05, 0.1) is 6.04 Å². The maximum atomic E-state index is 11.3. The molecule has 5 heteroatoms. The van der Waals surface area contributed by atoms with Crippen LogP contribution in [0.4, 0.5) is 0 Å². The summed E-state index contributed by atoms with van der Waals surface area (Å²) < 4.78 is 11.0. The number of rotatable bonds is 6. The Hall–Kier alpha value is -0.420. The van der Waals surface area contributed by atoms with Gasteiger partial charge in [-0.05, 0) is 13.3 Å². The molecule has 0 saturated heterocycles. The zero-order valence-corrected chi connectivity index (χ0v) is 9.89. The second-order valence-corrected chi connectivity index (χ2v) is 5.25. The molecular formula is C9H20N2O2S. The Morgan fingerprint density at radius 1 is 1.57 bits per heavy atom. The van der Waals surface area contributed by atoms with Crippen LogP contribution in [0.15, 0.2) is 0 Å². The zero-order valence-electron chi connectivity index (χ0n) is 9.08. The molecule has 0 radical (unpaired) electrons. The molecule has 3 atom stereocenters. The highest BCUT2D eigenvalue weighted by Gasteiger charge is 2.13. The predicted octanol–water partition coefficient (Wildman–Crippen LogP) is -0.00300. The van der Waals surface area contributed by atoms with Crippen LogP contribution in [0.3, 0.4) is 0 Å². The summed E-state index contributed by atoms with van der Waals surface area (Å²) in [4.78, 5) is 11.3. The molecule has 0 fully saturated rings. The van der Waals surface area contributed by atoms with Gasteiger partial charge < -0.3 is 11.1 Å². The molecule has 0 aromatic carbocycles. The fourth-order valence-electron chi connectivity index (χ4n) is 0.935. The van der Waals surface area contributed by atoms with E-state index < -0.39 is 16.8 Å². The van der Waals surface area contributed by atoms with E-state index in [-0.39, 0.29) is 11.2 Å². The van der Waals surface area contributed by atoms with Crippen LogP contribution in [0.1, 0.15) is 26.7 Å². The summed E-state index contributed by atoms with van der Waals surface area (Å²) in [7, 11) is -0.899. The lowest BCUT2D eigenvalue weighted by atomic mass is 10.2. The van der Waals surface area contributed by atoms with Crippen LogP contribution in [0.5, 0.6) is 0 Å². The molecule has 4 nitrogen and oxygen atoms in total. The number of carbonyl (C=O) groups excluding carboxylic acids is 1. The Labute approximate surface area is 88.1 Å². The molecule has 14 heavy (non-hydrogen) atoms. The molecule has 0 aliphatic carbocycles. The highest BCUT2D eigenvalue weighted by atomic mass is 32.2. The average molecular weight is 220 g/mol. The number of nitrogens with one attached hydrogen (secondary N) is 1. The summed E-state index contributed by atoms with van der Waals surface area (Å²) in [6.45, 7) is 4.25. The van der Waals surface area contributed by atoms with Crippen LogP contribution in [0.2, 0.25) is 0 Å². The van der Waals surface area contributed by atoms with Gasteiger partial charge in [0.1, 0.15) is 0 Å². The van der Waals surface area contributed by atoms with Gasteiger partial charge in [-0.25, -0.2) is 0 Å². The molecule has 0 bridgehead atoms. The maximum absolute atomic E-state index is 11.3. The van der Waals surface area contributed by atoms with E-state index in [0.29, 0.717) is 13.0 Å². The monoisotopic (exact) mass is 220 g/mol. The van der Waals surface area contributed by atoms with Gasteiger partial charge in [-0.3, -0.25) is 9.00 Å².